The highest BCUT2D eigenvalue weighted by atomic mass is 35.5. The Labute approximate surface area is 213 Å². The molecule has 0 saturated heterocycles. The van der Waals surface area contributed by atoms with Crippen molar-refractivity contribution in [3.63, 3.8) is 0 Å². The summed E-state index contributed by atoms with van der Waals surface area (Å²) in [5, 5.41) is 12.6. The van der Waals surface area contributed by atoms with Gasteiger partial charge < -0.3 is 20.1 Å². The van der Waals surface area contributed by atoms with Crippen LogP contribution in [0, 0.1) is 0 Å². The predicted octanol–water partition coefficient (Wildman–Crippen LogP) is 3.12. The van der Waals surface area contributed by atoms with E-state index < -0.39 is 35.3 Å². The van der Waals surface area contributed by atoms with E-state index in [1.54, 1.807) is 24.3 Å². The number of ether oxygens (including phenoxy) is 1. The van der Waals surface area contributed by atoms with Gasteiger partial charge in [-0.05, 0) is 36.2 Å². The van der Waals surface area contributed by atoms with Gasteiger partial charge in [0.1, 0.15) is 17.3 Å². The number of fused-ring (bicyclic) bond motifs is 1. The number of aliphatic hydroxyl groups is 1. The molecule has 0 fully saturated rings. The Morgan fingerprint density at radius 1 is 1.16 bits per heavy atom. The van der Waals surface area contributed by atoms with Crippen LogP contribution in [0.5, 0.6) is 5.75 Å². The molecular weight excluding hydrogens is 517 g/mol. The predicted molar refractivity (Wildman–Crippen MR) is 130 cm³/mol. The van der Waals surface area contributed by atoms with Gasteiger partial charge in [0.15, 0.2) is 6.17 Å². The maximum absolute atomic E-state index is 13.6. The third-order valence-electron chi connectivity index (χ3n) is 5.80. The first-order chi connectivity index (χ1) is 17.5. The van der Waals surface area contributed by atoms with Crippen LogP contribution in [0.15, 0.2) is 58.1 Å². The second kappa shape index (κ2) is 10.3. The monoisotopic (exact) mass is 538 g/mol. The molecule has 2 aromatic carbocycles. The van der Waals surface area contributed by atoms with Gasteiger partial charge in [0.05, 0.1) is 0 Å². The van der Waals surface area contributed by atoms with Gasteiger partial charge in [-0.2, -0.15) is 0 Å². The Morgan fingerprint density at radius 2 is 1.86 bits per heavy atom. The number of rotatable bonds is 8. The zero-order valence-corrected chi connectivity index (χ0v) is 20.2. The number of hydrogen-bond donors (Lipinski definition) is 2. The number of aliphatic hydroxyl groups excluding tert-OH is 1. The maximum Gasteiger partial charge on any atom is 0.573 e. The molecule has 1 aliphatic rings. The molecule has 0 radical (unpaired) electrons. The summed E-state index contributed by atoms with van der Waals surface area (Å²) in [6.45, 7) is -0.240. The molecular formula is C24H22ClF3N4O5. The van der Waals surface area contributed by atoms with Gasteiger partial charge >= 0.3 is 12.1 Å². The van der Waals surface area contributed by atoms with Crippen LogP contribution in [0.4, 0.5) is 24.7 Å². The van der Waals surface area contributed by atoms with E-state index >= 15 is 0 Å². The number of carbonyl (C=O) groups excluding carboxylic acids is 1. The number of nitrogens with one attached hydrogen (secondary N) is 1. The number of benzene rings is 2. The number of carbonyl (C=O) groups is 1. The smallest absolute Gasteiger partial charge is 0.406 e. The third kappa shape index (κ3) is 5.49. The molecule has 196 valence electrons. The van der Waals surface area contributed by atoms with E-state index in [0.717, 1.165) is 16.7 Å². The molecule has 9 nitrogen and oxygen atoms in total. The van der Waals surface area contributed by atoms with Crippen LogP contribution in [-0.2, 0) is 20.1 Å². The van der Waals surface area contributed by atoms with Crippen molar-refractivity contribution >= 4 is 28.9 Å². The summed E-state index contributed by atoms with van der Waals surface area (Å²) in [4.78, 5) is 41.3. The minimum absolute atomic E-state index is 0.0380. The highest BCUT2D eigenvalue weighted by molar-refractivity contribution is 6.30. The van der Waals surface area contributed by atoms with Crippen molar-refractivity contribution in [2.45, 2.75) is 32.0 Å². The van der Waals surface area contributed by atoms with Gasteiger partial charge in [0.25, 0.3) is 5.56 Å². The van der Waals surface area contributed by atoms with Crippen molar-refractivity contribution in [3.05, 3.63) is 85.5 Å². The number of anilines is 2. The zero-order chi connectivity index (χ0) is 26.9. The minimum atomic E-state index is -4.94. The van der Waals surface area contributed by atoms with E-state index in [1.807, 2.05) is 0 Å². The zero-order valence-electron chi connectivity index (χ0n) is 19.5. The normalized spacial score (nSPS) is 14.9. The van der Waals surface area contributed by atoms with Crippen molar-refractivity contribution in [2.24, 2.45) is 7.05 Å². The van der Waals surface area contributed by atoms with E-state index in [1.165, 1.54) is 28.6 Å². The number of nitrogens with zero attached hydrogens (tertiary/aromatic N) is 3. The highest BCUT2D eigenvalue weighted by Crippen LogP contribution is 2.34. The molecule has 1 aliphatic heterocycles. The van der Waals surface area contributed by atoms with Gasteiger partial charge in [-0.3, -0.25) is 18.7 Å². The molecule has 2 N–H and O–H groups in total. The van der Waals surface area contributed by atoms with Crippen molar-refractivity contribution in [1.29, 1.82) is 0 Å². The van der Waals surface area contributed by atoms with Gasteiger partial charge in [-0.1, -0.05) is 35.9 Å². The number of alkyl halides is 3. The van der Waals surface area contributed by atoms with E-state index in [2.05, 4.69) is 10.1 Å². The maximum atomic E-state index is 13.6. The summed E-state index contributed by atoms with van der Waals surface area (Å²) in [7, 11) is 1.42. The fraction of sp³-hybridized carbons (Fsp3) is 0.292. The lowest BCUT2D eigenvalue weighted by Gasteiger charge is -2.25. The molecule has 1 aromatic heterocycles. The van der Waals surface area contributed by atoms with E-state index in [4.69, 9.17) is 11.6 Å². The molecule has 4 rings (SSSR count). The van der Waals surface area contributed by atoms with Crippen molar-refractivity contribution in [1.82, 2.24) is 9.13 Å². The molecule has 3 aromatic rings. The summed E-state index contributed by atoms with van der Waals surface area (Å²) >= 11 is 5.98. The topological polar surface area (TPSA) is 106 Å². The number of ketones is 1. The lowest BCUT2D eigenvalue weighted by molar-refractivity contribution is -0.274. The van der Waals surface area contributed by atoms with Gasteiger partial charge in [-0.15, -0.1) is 13.2 Å². The average molecular weight is 539 g/mol. The first kappa shape index (κ1) is 26.3. The highest BCUT2D eigenvalue weighted by Gasteiger charge is 2.39. The molecule has 0 spiro atoms. The molecule has 13 heteroatoms. The first-order valence-corrected chi connectivity index (χ1v) is 11.5. The SMILES string of the molecule is Cn1c2c(c(=O)n(CCCO)c1=O)N(Cc1ccc(Cl)cc1)C(C(=O)c1cccc(OC(F)(F)F)c1)N2. The fourth-order valence-corrected chi connectivity index (χ4v) is 4.23. The lowest BCUT2D eigenvalue weighted by atomic mass is 10.1. The second-order valence-corrected chi connectivity index (χ2v) is 8.75. The van der Waals surface area contributed by atoms with Gasteiger partial charge in [0.2, 0.25) is 5.78 Å². The second-order valence-electron chi connectivity index (χ2n) is 8.31. The molecule has 0 saturated carbocycles. The Balaban J connectivity index is 1.80. The van der Waals surface area contributed by atoms with E-state index in [-0.39, 0.29) is 43.2 Å². The van der Waals surface area contributed by atoms with Crippen LogP contribution in [0.2, 0.25) is 5.02 Å². The Kier molecular flexibility index (Phi) is 7.32. The Hall–Kier alpha value is -3.77. The summed E-state index contributed by atoms with van der Waals surface area (Å²) in [6.07, 6.45) is -6.01. The van der Waals surface area contributed by atoms with Crippen LogP contribution in [0.1, 0.15) is 22.3 Å². The third-order valence-corrected chi connectivity index (χ3v) is 6.06. The van der Waals surface area contributed by atoms with Crippen LogP contribution >= 0.6 is 11.6 Å². The van der Waals surface area contributed by atoms with E-state index in [0.29, 0.717) is 10.6 Å². The standard InChI is InChI=1S/C24H22ClF3N4O5/c1-30-20-18(22(35)31(23(30)36)10-3-11-33)32(13-14-6-8-16(25)9-7-14)21(29-20)19(34)15-4-2-5-17(12-15)37-24(26,27)28/h2,4-9,12,21,29,33H,3,10-11,13H2,1H3. The molecule has 0 amide bonds. The summed E-state index contributed by atoms with van der Waals surface area (Å²) in [6, 6.07) is 11.3. The summed E-state index contributed by atoms with van der Waals surface area (Å²) in [5.41, 5.74) is -0.696. The number of aromatic nitrogens is 2. The Morgan fingerprint density at radius 3 is 2.51 bits per heavy atom. The number of hydrogen-bond acceptors (Lipinski definition) is 7. The first-order valence-electron chi connectivity index (χ1n) is 11.1. The fourth-order valence-electron chi connectivity index (χ4n) is 4.11. The van der Waals surface area contributed by atoms with Crippen molar-refractivity contribution in [3.8, 4) is 5.75 Å². The molecule has 0 aliphatic carbocycles. The van der Waals surface area contributed by atoms with Crippen LogP contribution in [0.25, 0.3) is 0 Å². The molecule has 1 atom stereocenters. The molecule has 37 heavy (non-hydrogen) atoms. The molecule has 2 heterocycles. The minimum Gasteiger partial charge on any atom is -0.406 e. The van der Waals surface area contributed by atoms with Crippen molar-refractivity contribution < 1.29 is 27.8 Å². The molecule has 1 unspecified atom stereocenters. The quantitative estimate of drug-likeness (QED) is 0.425. The molecule has 0 bridgehead atoms. The Bertz CT molecular complexity index is 1440. The summed E-state index contributed by atoms with van der Waals surface area (Å²) in [5.74, 6) is -1.13. The van der Waals surface area contributed by atoms with E-state index in [9.17, 15) is 32.7 Å². The van der Waals surface area contributed by atoms with Crippen LogP contribution in [0.3, 0.4) is 0 Å². The lowest BCUT2D eigenvalue weighted by Crippen LogP contribution is -2.44. The van der Waals surface area contributed by atoms with Crippen LogP contribution in [-0.4, -0.2) is 39.2 Å². The number of halogens is 4. The van der Waals surface area contributed by atoms with Crippen molar-refractivity contribution in [2.75, 3.05) is 16.8 Å². The van der Waals surface area contributed by atoms with Gasteiger partial charge in [0, 0.05) is 37.3 Å². The summed E-state index contributed by atoms with van der Waals surface area (Å²) < 4.78 is 44.2. The van der Waals surface area contributed by atoms with Crippen LogP contribution < -0.4 is 26.2 Å². The average Bonchev–Trinajstić information content (AvgIpc) is 3.22. The largest absolute Gasteiger partial charge is 0.573 e. The van der Waals surface area contributed by atoms with Gasteiger partial charge in [-0.25, -0.2) is 4.79 Å². The number of Topliss-reactive ketones (excluding diaryl/α,β-unsaturated/α-hetero) is 1.